The SMILES string of the molecule is CCNC(Cc1csc2ccccc12)C1CCCC(C)C1. The number of hydrogen-bond acceptors (Lipinski definition) is 2. The molecule has 1 aromatic carbocycles. The van der Waals surface area contributed by atoms with Gasteiger partial charge in [0.1, 0.15) is 0 Å². The van der Waals surface area contributed by atoms with Crippen LogP contribution in [0.4, 0.5) is 0 Å². The summed E-state index contributed by atoms with van der Waals surface area (Å²) in [6.45, 7) is 5.75. The fourth-order valence-corrected chi connectivity index (χ4v) is 4.92. The van der Waals surface area contributed by atoms with Gasteiger partial charge in [0.15, 0.2) is 0 Å². The van der Waals surface area contributed by atoms with E-state index >= 15 is 0 Å². The van der Waals surface area contributed by atoms with Crippen molar-refractivity contribution < 1.29 is 0 Å². The highest BCUT2D eigenvalue weighted by atomic mass is 32.1. The summed E-state index contributed by atoms with van der Waals surface area (Å²) in [5, 5.41) is 7.62. The first-order valence-corrected chi connectivity index (χ1v) is 9.34. The maximum atomic E-state index is 3.78. The minimum atomic E-state index is 0.649. The van der Waals surface area contributed by atoms with Crippen LogP contribution in [0.2, 0.25) is 0 Å². The minimum Gasteiger partial charge on any atom is -0.314 e. The molecule has 1 aliphatic carbocycles. The molecular weight excluding hydrogens is 274 g/mol. The van der Waals surface area contributed by atoms with Crippen molar-refractivity contribution in [3.05, 3.63) is 35.2 Å². The van der Waals surface area contributed by atoms with Gasteiger partial charge in [-0.3, -0.25) is 0 Å². The van der Waals surface area contributed by atoms with E-state index in [4.69, 9.17) is 0 Å². The fraction of sp³-hybridized carbons (Fsp3) is 0.579. The Bertz CT molecular complexity index is 574. The van der Waals surface area contributed by atoms with E-state index in [0.717, 1.165) is 18.4 Å². The highest BCUT2D eigenvalue weighted by Crippen LogP contribution is 2.34. The minimum absolute atomic E-state index is 0.649. The number of thiophene rings is 1. The normalized spacial score (nSPS) is 24.3. The van der Waals surface area contributed by atoms with Crippen LogP contribution in [0.15, 0.2) is 29.6 Å². The molecule has 1 fully saturated rings. The molecule has 3 unspecified atom stereocenters. The second-order valence-electron chi connectivity index (χ2n) is 6.66. The van der Waals surface area contributed by atoms with E-state index in [-0.39, 0.29) is 0 Å². The molecule has 114 valence electrons. The van der Waals surface area contributed by atoms with Crippen LogP contribution in [0.1, 0.15) is 45.1 Å². The lowest BCUT2D eigenvalue weighted by atomic mass is 9.77. The van der Waals surface area contributed by atoms with Crippen LogP contribution < -0.4 is 5.32 Å². The summed E-state index contributed by atoms with van der Waals surface area (Å²) in [6, 6.07) is 9.49. The topological polar surface area (TPSA) is 12.0 Å². The predicted octanol–water partition coefficient (Wildman–Crippen LogP) is 5.25. The van der Waals surface area contributed by atoms with Crippen LogP contribution in [-0.2, 0) is 6.42 Å². The Balaban J connectivity index is 1.78. The zero-order chi connectivity index (χ0) is 14.7. The van der Waals surface area contributed by atoms with Crippen LogP contribution in [0, 0.1) is 11.8 Å². The molecule has 0 spiro atoms. The molecule has 0 aliphatic heterocycles. The molecule has 1 aliphatic rings. The molecule has 1 N–H and O–H groups in total. The first-order valence-electron chi connectivity index (χ1n) is 8.46. The standard InChI is InChI=1S/C19H27NS/c1-3-20-18(15-8-6-7-14(2)11-15)12-16-13-21-19-10-5-4-9-17(16)19/h4-5,9-10,13-15,18,20H,3,6-8,11-12H2,1-2H3. The highest BCUT2D eigenvalue weighted by molar-refractivity contribution is 7.17. The molecule has 2 heteroatoms. The van der Waals surface area contributed by atoms with E-state index in [0.29, 0.717) is 6.04 Å². The predicted molar refractivity (Wildman–Crippen MR) is 94.1 cm³/mol. The van der Waals surface area contributed by atoms with Crippen molar-refractivity contribution >= 4 is 21.4 Å². The summed E-state index contributed by atoms with van der Waals surface area (Å²) in [4.78, 5) is 0. The van der Waals surface area contributed by atoms with Crippen molar-refractivity contribution in [2.45, 2.75) is 52.0 Å². The zero-order valence-corrected chi connectivity index (χ0v) is 14.1. The van der Waals surface area contributed by atoms with Crippen LogP contribution in [0.3, 0.4) is 0 Å². The fourth-order valence-electron chi connectivity index (χ4n) is 3.94. The van der Waals surface area contributed by atoms with Gasteiger partial charge in [-0.05, 0) is 60.0 Å². The van der Waals surface area contributed by atoms with Gasteiger partial charge in [-0.25, -0.2) is 0 Å². The van der Waals surface area contributed by atoms with E-state index in [1.165, 1.54) is 42.2 Å². The molecule has 1 aromatic heterocycles. The van der Waals surface area contributed by atoms with Crippen LogP contribution in [0.25, 0.3) is 10.1 Å². The maximum absolute atomic E-state index is 3.78. The second-order valence-corrected chi connectivity index (χ2v) is 7.57. The third-order valence-corrected chi connectivity index (χ3v) is 6.03. The zero-order valence-electron chi connectivity index (χ0n) is 13.3. The summed E-state index contributed by atoms with van der Waals surface area (Å²) in [6.07, 6.45) is 6.84. The lowest BCUT2D eigenvalue weighted by Crippen LogP contribution is -2.40. The number of benzene rings is 1. The van der Waals surface area contributed by atoms with Gasteiger partial charge in [-0.2, -0.15) is 0 Å². The lowest BCUT2D eigenvalue weighted by molar-refractivity contribution is 0.223. The highest BCUT2D eigenvalue weighted by Gasteiger charge is 2.26. The van der Waals surface area contributed by atoms with Gasteiger partial charge in [0.25, 0.3) is 0 Å². The Morgan fingerprint density at radius 1 is 1.29 bits per heavy atom. The van der Waals surface area contributed by atoms with E-state index in [1.807, 2.05) is 11.3 Å². The molecule has 0 radical (unpaired) electrons. The van der Waals surface area contributed by atoms with E-state index in [2.05, 4.69) is 48.8 Å². The van der Waals surface area contributed by atoms with E-state index in [1.54, 1.807) is 5.56 Å². The number of fused-ring (bicyclic) bond motifs is 1. The van der Waals surface area contributed by atoms with Gasteiger partial charge in [0.2, 0.25) is 0 Å². The van der Waals surface area contributed by atoms with Gasteiger partial charge in [0.05, 0.1) is 0 Å². The van der Waals surface area contributed by atoms with Crippen molar-refractivity contribution in [1.29, 1.82) is 0 Å². The molecule has 2 aromatic rings. The quantitative estimate of drug-likeness (QED) is 0.795. The van der Waals surface area contributed by atoms with Crippen molar-refractivity contribution in [1.82, 2.24) is 5.32 Å². The molecule has 21 heavy (non-hydrogen) atoms. The van der Waals surface area contributed by atoms with Crippen molar-refractivity contribution in [2.24, 2.45) is 11.8 Å². The summed E-state index contributed by atoms with van der Waals surface area (Å²) in [5.41, 5.74) is 1.54. The number of hydrogen-bond donors (Lipinski definition) is 1. The molecule has 3 rings (SSSR count). The summed E-state index contributed by atoms with van der Waals surface area (Å²) in [7, 11) is 0. The Morgan fingerprint density at radius 2 is 2.14 bits per heavy atom. The molecule has 0 saturated heterocycles. The third-order valence-electron chi connectivity index (χ3n) is 5.01. The van der Waals surface area contributed by atoms with Crippen molar-refractivity contribution in [3.8, 4) is 0 Å². The summed E-state index contributed by atoms with van der Waals surface area (Å²) >= 11 is 1.89. The van der Waals surface area contributed by atoms with Gasteiger partial charge >= 0.3 is 0 Å². The van der Waals surface area contributed by atoms with Crippen molar-refractivity contribution in [2.75, 3.05) is 6.54 Å². The third kappa shape index (κ3) is 3.49. The maximum Gasteiger partial charge on any atom is 0.0345 e. The molecule has 1 nitrogen and oxygen atoms in total. The first-order chi connectivity index (χ1) is 10.3. The van der Waals surface area contributed by atoms with Crippen molar-refractivity contribution in [3.63, 3.8) is 0 Å². The Labute approximate surface area is 132 Å². The largest absolute Gasteiger partial charge is 0.314 e. The Kier molecular flexibility index (Phi) is 4.97. The van der Waals surface area contributed by atoms with Crippen LogP contribution in [-0.4, -0.2) is 12.6 Å². The van der Waals surface area contributed by atoms with Crippen LogP contribution >= 0.6 is 11.3 Å². The molecule has 3 atom stereocenters. The van der Waals surface area contributed by atoms with Crippen LogP contribution in [0.5, 0.6) is 0 Å². The smallest absolute Gasteiger partial charge is 0.0345 e. The van der Waals surface area contributed by atoms with Gasteiger partial charge in [-0.15, -0.1) is 11.3 Å². The van der Waals surface area contributed by atoms with Gasteiger partial charge < -0.3 is 5.32 Å². The Morgan fingerprint density at radius 3 is 2.95 bits per heavy atom. The van der Waals surface area contributed by atoms with Gasteiger partial charge in [0, 0.05) is 10.7 Å². The molecular formula is C19H27NS. The monoisotopic (exact) mass is 301 g/mol. The Hall–Kier alpha value is -0.860. The number of rotatable bonds is 5. The first kappa shape index (κ1) is 15.1. The van der Waals surface area contributed by atoms with E-state index in [9.17, 15) is 0 Å². The van der Waals surface area contributed by atoms with Gasteiger partial charge in [-0.1, -0.05) is 44.9 Å². The molecule has 0 bridgehead atoms. The number of likely N-dealkylation sites (N-methyl/N-ethyl adjacent to an activating group) is 1. The summed E-state index contributed by atoms with van der Waals surface area (Å²) < 4.78 is 1.43. The average Bonchev–Trinajstić information content (AvgIpc) is 2.90. The molecule has 1 heterocycles. The molecule has 0 amide bonds. The summed E-state index contributed by atoms with van der Waals surface area (Å²) in [5.74, 6) is 1.76. The average molecular weight is 301 g/mol. The lowest BCUT2D eigenvalue weighted by Gasteiger charge is -2.34. The van der Waals surface area contributed by atoms with E-state index < -0.39 is 0 Å². The molecule has 1 saturated carbocycles. The second kappa shape index (κ2) is 6.93. The number of nitrogens with one attached hydrogen (secondary N) is 1.